The van der Waals surface area contributed by atoms with E-state index in [0.717, 1.165) is 59.2 Å². The Hall–Kier alpha value is -5.48. The molecule has 298 valence electrons. The summed E-state index contributed by atoms with van der Waals surface area (Å²) in [5.41, 5.74) is -1.03. The van der Waals surface area contributed by atoms with Gasteiger partial charge in [0, 0.05) is 61.6 Å². The second-order valence-corrected chi connectivity index (χ2v) is 11.9. The number of carbonyl (C=O) groups is 8. The first-order valence-electron chi connectivity index (χ1n) is 16.2. The SMILES string of the molecule is CC(=O)Nc1ccn([C@@H]2O[C@H](COC(C)=O)[C@@H](O[C@@H]3O[C@H](COC(C)=O)[C@H](OC(C)=O)[C@H](OC(C)=O)[C@H]3OC(C)=O)[C@H](OC(C)=O)[C@H]2OC(C)=O)c(=O)n1. The first kappa shape index (κ1) is 42.9. The maximum atomic E-state index is 13.2. The van der Waals surface area contributed by atoms with Crippen LogP contribution in [0.15, 0.2) is 17.1 Å². The highest BCUT2D eigenvalue weighted by molar-refractivity contribution is 5.87. The summed E-state index contributed by atoms with van der Waals surface area (Å²) in [6.45, 7) is 7.06. The monoisotopic (exact) mass is 771 g/mol. The van der Waals surface area contributed by atoms with Crippen LogP contribution in [0.2, 0.25) is 0 Å². The van der Waals surface area contributed by atoms with Crippen molar-refractivity contribution >= 4 is 53.5 Å². The molecule has 2 aliphatic heterocycles. The molecule has 1 aromatic rings. The van der Waals surface area contributed by atoms with E-state index in [1.807, 2.05) is 0 Å². The summed E-state index contributed by atoms with van der Waals surface area (Å²) in [5.74, 6) is -6.99. The second kappa shape index (κ2) is 19.0. The van der Waals surface area contributed by atoms with Gasteiger partial charge >= 0.3 is 47.5 Å². The minimum absolute atomic E-state index is 0.138. The Bertz CT molecular complexity index is 1660. The van der Waals surface area contributed by atoms with Crippen LogP contribution in [0.5, 0.6) is 0 Å². The van der Waals surface area contributed by atoms with Gasteiger partial charge in [-0.05, 0) is 6.07 Å². The van der Waals surface area contributed by atoms with Crippen molar-refractivity contribution in [3.8, 4) is 0 Å². The van der Waals surface area contributed by atoms with E-state index in [1.54, 1.807) is 0 Å². The molecule has 0 aromatic carbocycles. The van der Waals surface area contributed by atoms with Crippen molar-refractivity contribution in [2.24, 2.45) is 0 Å². The molecule has 0 saturated carbocycles. The molecule has 22 heteroatoms. The Balaban J connectivity index is 2.23. The lowest BCUT2D eigenvalue weighted by Crippen LogP contribution is -2.66. The molecule has 3 heterocycles. The molecule has 1 aromatic heterocycles. The number of hydrogen-bond acceptors (Lipinski definition) is 20. The average molecular weight is 772 g/mol. The predicted octanol–water partition coefficient (Wildman–Crippen LogP) is -1.01. The number of anilines is 1. The molecule has 22 nitrogen and oxygen atoms in total. The molecule has 0 bridgehead atoms. The van der Waals surface area contributed by atoms with E-state index in [2.05, 4.69) is 10.3 Å². The lowest BCUT2D eigenvalue weighted by molar-refractivity contribution is -0.349. The van der Waals surface area contributed by atoms with E-state index in [9.17, 15) is 43.2 Å². The van der Waals surface area contributed by atoms with E-state index >= 15 is 0 Å². The van der Waals surface area contributed by atoms with Crippen molar-refractivity contribution in [1.82, 2.24) is 9.55 Å². The molecule has 1 N–H and O–H groups in total. The van der Waals surface area contributed by atoms with E-state index in [-0.39, 0.29) is 5.82 Å². The Kier molecular flexibility index (Phi) is 15.1. The number of rotatable bonds is 13. The van der Waals surface area contributed by atoms with Crippen LogP contribution in [0.25, 0.3) is 0 Å². The van der Waals surface area contributed by atoms with Crippen LogP contribution < -0.4 is 11.0 Å². The van der Waals surface area contributed by atoms with Crippen LogP contribution in [-0.2, 0) is 85.7 Å². The summed E-state index contributed by atoms with van der Waals surface area (Å²) in [5, 5.41) is 2.34. The number of nitrogens with one attached hydrogen (secondary N) is 1. The summed E-state index contributed by atoms with van der Waals surface area (Å²) in [6, 6.07) is 1.22. The second-order valence-electron chi connectivity index (χ2n) is 11.9. The third-order valence-electron chi connectivity index (χ3n) is 7.31. The maximum Gasteiger partial charge on any atom is 0.351 e. The van der Waals surface area contributed by atoms with E-state index in [0.29, 0.717) is 0 Å². The lowest BCUT2D eigenvalue weighted by Gasteiger charge is -2.49. The third-order valence-corrected chi connectivity index (χ3v) is 7.31. The molecule has 10 atom stereocenters. The summed E-state index contributed by atoms with van der Waals surface area (Å²) in [7, 11) is 0. The van der Waals surface area contributed by atoms with Crippen molar-refractivity contribution in [3.63, 3.8) is 0 Å². The van der Waals surface area contributed by atoms with Gasteiger partial charge in [-0.3, -0.25) is 42.9 Å². The Morgan fingerprint density at radius 3 is 1.52 bits per heavy atom. The Morgan fingerprint density at radius 1 is 0.611 bits per heavy atom. The molecule has 2 fully saturated rings. The summed E-state index contributed by atoms with van der Waals surface area (Å²) < 4.78 is 57.1. The van der Waals surface area contributed by atoms with Gasteiger partial charge in [0.2, 0.25) is 5.91 Å². The molecule has 0 unspecified atom stereocenters. The Morgan fingerprint density at radius 2 is 1.06 bits per heavy atom. The molecular weight excluding hydrogens is 730 g/mol. The van der Waals surface area contributed by atoms with Crippen LogP contribution in [0.4, 0.5) is 5.82 Å². The van der Waals surface area contributed by atoms with Gasteiger partial charge in [-0.15, -0.1) is 0 Å². The topological polar surface area (TPSA) is 276 Å². The summed E-state index contributed by atoms with van der Waals surface area (Å²) in [4.78, 5) is 114. The van der Waals surface area contributed by atoms with Gasteiger partial charge in [0.1, 0.15) is 37.3 Å². The summed E-state index contributed by atoms with van der Waals surface area (Å²) >= 11 is 0. The fourth-order valence-corrected chi connectivity index (χ4v) is 5.57. The van der Waals surface area contributed by atoms with Crippen LogP contribution in [-0.4, -0.2) is 126 Å². The van der Waals surface area contributed by atoms with Crippen LogP contribution in [0.1, 0.15) is 61.6 Å². The van der Waals surface area contributed by atoms with Crippen LogP contribution in [0.3, 0.4) is 0 Å². The van der Waals surface area contributed by atoms with Gasteiger partial charge < -0.3 is 52.7 Å². The highest BCUT2D eigenvalue weighted by Gasteiger charge is 2.57. The highest BCUT2D eigenvalue weighted by atomic mass is 16.8. The molecule has 0 radical (unpaired) electrons. The standard InChI is InChI=1S/C32H41N3O19/c1-13(36)33-23-9-10-35(32(44)34-23)30-28(50-19(7)42)26(48-17(5)40)25(21(52-30)11-45-14(2)37)54-31-29(51-20(8)43)27(49-18(6)41)24(47-16(4)39)22(53-31)12-46-15(3)38/h9-10,21-22,24-31H,11-12H2,1-8H3,(H,33,34,36,44)/t21-,22-,24+,25-,26+,27+,28-,29-,30-,31+/m1/s1. The van der Waals surface area contributed by atoms with Gasteiger partial charge in [-0.1, -0.05) is 0 Å². The van der Waals surface area contributed by atoms with Crippen molar-refractivity contribution in [2.45, 2.75) is 117 Å². The zero-order chi connectivity index (χ0) is 40.4. The minimum atomic E-state index is -1.88. The quantitative estimate of drug-likeness (QED) is 0.186. The van der Waals surface area contributed by atoms with Crippen molar-refractivity contribution in [3.05, 3.63) is 22.7 Å². The zero-order valence-corrected chi connectivity index (χ0v) is 30.5. The Labute approximate surface area is 306 Å². The molecule has 0 spiro atoms. The number of hydrogen-bond donors (Lipinski definition) is 1. The molecule has 1 amide bonds. The van der Waals surface area contributed by atoms with Crippen molar-refractivity contribution in [1.29, 1.82) is 0 Å². The van der Waals surface area contributed by atoms with E-state index in [1.165, 1.54) is 13.0 Å². The van der Waals surface area contributed by atoms with Crippen molar-refractivity contribution < 1.29 is 85.7 Å². The smallest absolute Gasteiger partial charge is 0.351 e. The van der Waals surface area contributed by atoms with E-state index in [4.69, 9.17) is 47.4 Å². The fraction of sp³-hybridized carbons (Fsp3) is 0.625. The van der Waals surface area contributed by atoms with Gasteiger partial charge in [-0.25, -0.2) is 4.79 Å². The molecule has 2 saturated heterocycles. The van der Waals surface area contributed by atoms with E-state index < -0.39 is 128 Å². The molecule has 54 heavy (non-hydrogen) atoms. The van der Waals surface area contributed by atoms with Crippen LogP contribution >= 0.6 is 0 Å². The van der Waals surface area contributed by atoms with Gasteiger partial charge in [0.25, 0.3) is 0 Å². The first-order valence-corrected chi connectivity index (χ1v) is 16.2. The van der Waals surface area contributed by atoms with Gasteiger partial charge in [-0.2, -0.15) is 4.98 Å². The number of esters is 7. The third kappa shape index (κ3) is 12.0. The number of carbonyl (C=O) groups excluding carboxylic acids is 8. The molecule has 2 aliphatic rings. The van der Waals surface area contributed by atoms with Crippen LogP contribution in [0, 0.1) is 0 Å². The zero-order valence-electron chi connectivity index (χ0n) is 30.5. The molecular formula is C32H41N3O19. The first-order chi connectivity index (χ1) is 25.3. The number of nitrogens with zero attached hydrogens (tertiary/aromatic N) is 2. The normalized spacial score (nSPS) is 27.6. The average Bonchev–Trinajstić information content (AvgIpc) is 3.02. The highest BCUT2D eigenvalue weighted by Crippen LogP contribution is 2.37. The van der Waals surface area contributed by atoms with Gasteiger partial charge in [0.05, 0.1) is 0 Å². The molecule has 3 rings (SSSR count). The summed E-state index contributed by atoms with van der Waals surface area (Å²) in [6.07, 6.45) is -15.6. The molecule has 0 aliphatic carbocycles. The minimum Gasteiger partial charge on any atom is -0.463 e. The number of aromatic nitrogens is 2. The van der Waals surface area contributed by atoms with Crippen molar-refractivity contribution in [2.75, 3.05) is 18.5 Å². The van der Waals surface area contributed by atoms with Gasteiger partial charge in [0.15, 0.2) is 43.0 Å². The predicted molar refractivity (Wildman–Crippen MR) is 171 cm³/mol. The largest absolute Gasteiger partial charge is 0.463 e. The fourth-order valence-electron chi connectivity index (χ4n) is 5.57. The number of amides is 1. The maximum absolute atomic E-state index is 13.2. The number of ether oxygens (including phenoxy) is 10. The lowest BCUT2D eigenvalue weighted by atomic mass is 9.95.